The maximum absolute atomic E-state index is 4.94. The van der Waals surface area contributed by atoms with Crippen LogP contribution < -0.4 is 0 Å². The lowest BCUT2D eigenvalue weighted by Crippen LogP contribution is -1.81. The normalized spacial score (nSPS) is 9.25. The standard InChI is InChI=1S/C4H10O2PS/c1-3-5-7(8)6-4-2/h3-4H2,1-2H3. The van der Waals surface area contributed by atoms with Crippen LogP contribution in [0.2, 0.25) is 0 Å². The molecule has 49 valence electrons. The van der Waals surface area contributed by atoms with Crippen molar-refractivity contribution in [3.63, 3.8) is 0 Å². The van der Waals surface area contributed by atoms with E-state index in [2.05, 4.69) is 0 Å². The quantitative estimate of drug-likeness (QED) is 0.574. The van der Waals surface area contributed by atoms with Gasteiger partial charge >= 0.3 is 0 Å². The van der Waals surface area contributed by atoms with E-state index < -0.39 is 7.15 Å². The summed E-state index contributed by atoms with van der Waals surface area (Å²) in [5.74, 6) is 0. The molecule has 0 aliphatic heterocycles. The molecule has 0 aromatic rings. The second-order valence-corrected chi connectivity index (χ2v) is 2.92. The molecule has 0 rings (SSSR count). The van der Waals surface area contributed by atoms with E-state index in [-0.39, 0.29) is 0 Å². The summed E-state index contributed by atoms with van der Waals surface area (Å²) in [6.45, 7) is 5.10. The van der Waals surface area contributed by atoms with Crippen LogP contribution in [0.15, 0.2) is 0 Å². The minimum absolute atomic E-state index is 0.648. The highest BCUT2D eigenvalue weighted by atomic mass is 32.4. The zero-order valence-corrected chi connectivity index (χ0v) is 6.80. The van der Waals surface area contributed by atoms with Crippen molar-refractivity contribution in [1.29, 1.82) is 0 Å². The topological polar surface area (TPSA) is 18.5 Å². The molecule has 0 saturated heterocycles. The highest BCUT2D eigenvalue weighted by Gasteiger charge is 1.88. The average Bonchev–Trinajstić information content (AvgIpc) is 1.68. The van der Waals surface area contributed by atoms with E-state index in [9.17, 15) is 0 Å². The molecular weight excluding hydrogens is 143 g/mol. The fourth-order valence-electron chi connectivity index (χ4n) is 0.248. The summed E-state index contributed by atoms with van der Waals surface area (Å²) >= 11 is 4.76. The van der Waals surface area contributed by atoms with Crippen LogP contribution in [0.25, 0.3) is 0 Å². The van der Waals surface area contributed by atoms with Gasteiger partial charge in [-0.25, -0.2) is 0 Å². The largest absolute Gasteiger partial charge is 0.305 e. The second kappa shape index (κ2) is 5.57. The summed E-state index contributed by atoms with van der Waals surface area (Å²) in [7, 11) is -0.997. The molecule has 4 heteroatoms. The van der Waals surface area contributed by atoms with Gasteiger partial charge in [-0.15, -0.1) is 0 Å². The third kappa shape index (κ3) is 4.60. The van der Waals surface area contributed by atoms with Gasteiger partial charge in [-0.1, -0.05) is 0 Å². The van der Waals surface area contributed by atoms with Gasteiger partial charge in [0.1, 0.15) is 0 Å². The Morgan fingerprint density at radius 1 is 1.25 bits per heavy atom. The minimum atomic E-state index is -0.997. The molecule has 0 spiro atoms. The Kier molecular flexibility index (Phi) is 5.88. The van der Waals surface area contributed by atoms with Crippen molar-refractivity contribution in [2.45, 2.75) is 13.8 Å². The summed E-state index contributed by atoms with van der Waals surface area (Å²) in [6, 6.07) is 0. The van der Waals surface area contributed by atoms with Gasteiger partial charge in [0.15, 0.2) is 0 Å². The molecule has 0 unspecified atom stereocenters. The van der Waals surface area contributed by atoms with Crippen LogP contribution in [0.1, 0.15) is 13.8 Å². The average molecular weight is 153 g/mol. The summed E-state index contributed by atoms with van der Waals surface area (Å²) in [5.41, 5.74) is 0. The number of rotatable bonds is 4. The van der Waals surface area contributed by atoms with E-state index in [0.717, 1.165) is 0 Å². The van der Waals surface area contributed by atoms with Crippen molar-refractivity contribution >= 4 is 19.0 Å². The Hall–Kier alpha value is 0.440. The van der Waals surface area contributed by atoms with Crippen LogP contribution in [0.4, 0.5) is 0 Å². The van der Waals surface area contributed by atoms with Gasteiger partial charge < -0.3 is 9.05 Å². The van der Waals surface area contributed by atoms with Gasteiger partial charge in [-0.3, -0.25) is 0 Å². The first kappa shape index (κ1) is 8.44. The summed E-state index contributed by atoms with van der Waals surface area (Å²) in [4.78, 5) is 0. The monoisotopic (exact) mass is 153 g/mol. The van der Waals surface area contributed by atoms with Gasteiger partial charge in [0.2, 0.25) is 7.15 Å². The molecule has 1 radical (unpaired) electrons. The SMILES string of the molecule is CCO[P](=S)OCC. The lowest BCUT2D eigenvalue weighted by atomic mass is 10.9. The Morgan fingerprint density at radius 2 is 1.62 bits per heavy atom. The van der Waals surface area contributed by atoms with Crippen LogP contribution in [-0.2, 0) is 20.9 Å². The van der Waals surface area contributed by atoms with E-state index in [1.165, 1.54) is 0 Å². The van der Waals surface area contributed by atoms with Crippen molar-refractivity contribution in [3.8, 4) is 0 Å². The van der Waals surface area contributed by atoms with Crippen molar-refractivity contribution in [2.24, 2.45) is 0 Å². The number of hydrogen-bond acceptors (Lipinski definition) is 3. The lowest BCUT2D eigenvalue weighted by Gasteiger charge is -1.99. The van der Waals surface area contributed by atoms with Crippen molar-refractivity contribution in [1.82, 2.24) is 0 Å². The summed E-state index contributed by atoms with van der Waals surface area (Å²) < 4.78 is 9.88. The zero-order valence-electron chi connectivity index (χ0n) is 5.09. The van der Waals surface area contributed by atoms with Gasteiger partial charge in [0, 0.05) is 0 Å². The molecule has 0 bridgehead atoms. The predicted octanol–water partition coefficient (Wildman–Crippen LogP) is 1.83. The summed E-state index contributed by atoms with van der Waals surface area (Å²) in [5, 5.41) is 0. The van der Waals surface area contributed by atoms with Gasteiger partial charge in [0.05, 0.1) is 13.2 Å². The molecule has 0 aliphatic carbocycles. The summed E-state index contributed by atoms with van der Waals surface area (Å²) in [6.07, 6.45) is 0. The Bertz CT molecular complexity index is 68.4. The molecule has 8 heavy (non-hydrogen) atoms. The molecule has 0 heterocycles. The Labute approximate surface area is 55.8 Å². The van der Waals surface area contributed by atoms with Crippen molar-refractivity contribution in [2.75, 3.05) is 13.2 Å². The zero-order chi connectivity index (χ0) is 6.41. The lowest BCUT2D eigenvalue weighted by molar-refractivity contribution is 0.286. The maximum Gasteiger partial charge on any atom is 0.201 e. The first-order chi connectivity index (χ1) is 3.81. The molecule has 0 fully saturated rings. The molecule has 0 aromatic carbocycles. The van der Waals surface area contributed by atoms with Gasteiger partial charge in [-0.2, -0.15) is 0 Å². The number of hydrogen-bond donors (Lipinski definition) is 0. The first-order valence-electron chi connectivity index (χ1n) is 2.54. The van der Waals surface area contributed by atoms with Crippen LogP contribution in [0.3, 0.4) is 0 Å². The highest BCUT2D eigenvalue weighted by Crippen LogP contribution is 2.22. The second-order valence-electron chi connectivity index (χ2n) is 1.06. The van der Waals surface area contributed by atoms with Crippen LogP contribution in [0, 0.1) is 0 Å². The molecule has 0 N–H and O–H groups in total. The van der Waals surface area contributed by atoms with Crippen molar-refractivity contribution < 1.29 is 9.05 Å². The molecule has 2 nitrogen and oxygen atoms in total. The van der Waals surface area contributed by atoms with Crippen molar-refractivity contribution in [3.05, 3.63) is 0 Å². The van der Waals surface area contributed by atoms with Gasteiger partial charge in [0.25, 0.3) is 0 Å². The smallest absolute Gasteiger partial charge is 0.201 e. The van der Waals surface area contributed by atoms with Gasteiger partial charge in [-0.05, 0) is 25.7 Å². The third-order valence-corrected chi connectivity index (χ3v) is 2.04. The van der Waals surface area contributed by atoms with E-state index in [0.29, 0.717) is 13.2 Å². The predicted molar refractivity (Wildman–Crippen MR) is 37.5 cm³/mol. The molecule has 0 atom stereocenters. The fraction of sp³-hybridized carbons (Fsp3) is 1.00. The molecule has 0 aliphatic rings. The molecule has 0 aromatic heterocycles. The minimum Gasteiger partial charge on any atom is -0.305 e. The van der Waals surface area contributed by atoms with E-state index >= 15 is 0 Å². The van der Waals surface area contributed by atoms with E-state index in [4.69, 9.17) is 20.9 Å². The Morgan fingerprint density at radius 3 is 1.88 bits per heavy atom. The third-order valence-electron chi connectivity index (χ3n) is 0.469. The fourth-order valence-corrected chi connectivity index (χ4v) is 1.38. The maximum atomic E-state index is 4.94. The van der Waals surface area contributed by atoms with Crippen LogP contribution >= 0.6 is 7.15 Å². The molecule has 0 amide bonds. The Balaban J connectivity index is 3.06. The molecule has 0 saturated carbocycles. The highest BCUT2D eigenvalue weighted by molar-refractivity contribution is 8.00. The first-order valence-corrected chi connectivity index (χ1v) is 4.73. The van der Waals surface area contributed by atoms with Crippen LogP contribution in [-0.4, -0.2) is 13.2 Å². The molecular formula is C4H10O2PS. The van der Waals surface area contributed by atoms with E-state index in [1.807, 2.05) is 13.8 Å². The van der Waals surface area contributed by atoms with Crippen LogP contribution in [0.5, 0.6) is 0 Å². The van der Waals surface area contributed by atoms with E-state index in [1.54, 1.807) is 0 Å².